The molecule has 0 aliphatic carbocycles. The number of halogens is 1. The van der Waals surface area contributed by atoms with Gasteiger partial charge in [0.1, 0.15) is 5.82 Å². The molecular formula is C10H9ClN2O2. The van der Waals surface area contributed by atoms with Crippen molar-refractivity contribution in [3.05, 3.63) is 34.9 Å². The Hall–Kier alpha value is -1.55. The number of rotatable bonds is 2. The summed E-state index contributed by atoms with van der Waals surface area (Å²) in [7, 11) is 0. The molecule has 0 saturated heterocycles. The normalized spacial score (nSPS) is 10.8. The van der Waals surface area contributed by atoms with Crippen LogP contribution in [-0.2, 0) is 6.42 Å². The maximum Gasteiger partial charge on any atom is 0.335 e. The van der Waals surface area contributed by atoms with E-state index < -0.39 is 5.97 Å². The van der Waals surface area contributed by atoms with Crippen LogP contribution in [0.5, 0.6) is 0 Å². The number of aromatic nitrogens is 2. The smallest absolute Gasteiger partial charge is 0.335 e. The Morgan fingerprint density at radius 2 is 2.40 bits per heavy atom. The molecule has 0 saturated carbocycles. The van der Waals surface area contributed by atoms with Crippen LogP contribution in [0.25, 0.3) is 5.52 Å². The molecule has 0 aliphatic heterocycles. The van der Waals surface area contributed by atoms with E-state index in [-0.39, 0.29) is 5.56 Å². The summed E-state index contributed by atoms with van der Waals surface area (Å²) in [5.74, 6) is -0.139. The molecule has 0 amide bonds. The number of carbonyl (C=O) groups is 1. The fourth-order valence-corrected chi connectivity index (χ4v) is 1.73. The van der Waals surface area contributed by atoms with Gasteiger partial charge in [-0.1, -0.05) is 18.5 Å². The van der Waals surface area contributed by atoms with Gasteiger partial charge in [0.15, 0.2) is 5.15 Å². The van der Waals surface area contributed by atoms with Gasteiger partial charge in [-0.2, -0.15) is 0 Å². The number of hydrogen-bond acceptors (Lipinski definition) is 2. The molecule has 5 heteroatoms. The lowest BCUT2D eigenvalue weighted by Crippen LogP contribution is -1.98. The number of fused-ring (bicyclic) bond motifs is 1. The molecule has 4 nitrogen and oxygen atoms in total. The van der Waals surface area contributed by atoms with Crippen LogP contribution < -0.4 is 0 Å². The molecule has 78 valence electrons. The Morgan fingerprint density at radius 3 is 3.00 bits per heavy atom. The second-order valence-electron chi connectivity index (χ2n) is 3.15. The first-order valence-corrected chi connectivity index (χ1v) is 4.91. The molecule has 2 rings (SSSR count). The van der Waals surface area contributed by atoms with Gasteiger partial charge in [0.05, 0.1) is 11.1 Å². The first-order chi connectivity index (χ1) is 7.13. The zero-order valence-electron chi connectivity index (χ0n) is 8.07. The van der Waals surface area contributed by atoms with Crippen LogP contribution in [0.2, 0.25) is 5.15 Å². The van der Waals surface area contributed by atoms with Crippen molar-refractivity contribution >= 4 is 23.1 Å². The lowest BCUT2D eigenvalue weighted by molar-refractivity contribution is 0.0697. The molecule has 0 aliphatic rings. The Balaban J connectivity index is 2.72. The summed E-state index contributed by atoms with van der Waals surface area (Å²) in [5.41, 5.74) is 0.848. The molecule has 1 N–H and O–H groups in total. The zero-order valence-corrected chi connectivity index (χ0v) is 8.82. The fraction of sp³-hybridized carbons (Fsp3) is 0.200. The lowest BCUT2D eigenvalue weighted by atomic mass is 10.2. The monoisotopic (exact) mass is 224 g/mol. The number of pyridine rings is 1. The van der Waals surface area contributed by atoms with Crippen molar-refractivity contribution in [1.82, 2.24) is 9.38 Å². The van der Waals surface area contributed by atoms with Gasteiger partial charge in [0.25, 0.3) is 0 Å². The SMILES string of the molecule is CCc1nc(Cl)c2cc(C(=O)O)ccn12. The van der Waals surface area contributed by atoms with E-state index in [9.17, 15) is 4.79 Å². The van der Waals surface area contributed by atoms with E-state index >= 15 is 0 Å². The van der Waals surface area contributed by atoms with Gasteiger partial charge in [-0.25, -0.2) is 9.78 Å². The highest BCUT2D eigenvalue weighted by Gasteiger charge is 2.10. The van der Waals surface area contributed by atoms with Crippen molar-refractivity contribution < 1.29 is 9.90 Å². The van der Waals surface area contributed by atoms with Crippen LogP contribution in [0.3, 0.4) is 0 Å². The lowest BCUT2D eigenvalue weighted by Gasteiger charge is -1.99. The van der Waals surface area contributed by atoms with E-state index in [1.54, 1.807) is 10.6 Å². The second-order valence-corrected chi connectivity index (χ2v) is 3.51. The molecule has 2 aromatic heterocycles. The third kappa shape index (κ3) is 1.57. The zero-order chi connectivity index (χ0) is 11.0. The van der Waals surface area contributed by atoms with E-state index in [1.807, 2.05) is 6.92 Å². The van der Waals surface area contributed by atoms with Gasteiger partial charge < -0.3 is 9.51 Å². The number of carboxylic acids is 1. The van der Waals surface area contributed by atoms with Gasteiger partial charge in [-0.3, -0.25) is 0 Å². The fourth-order valence-electron chi connectivity index (χ4n) is 1.49. The molecule has 0 radical (unpaired) electrons. The second kappa shape index (κ2) is 3.55. The largest absolute Gasteiger partial charge is 0.478 e. The van der Waals surface area contributed by atoms with E-state index in [4.69, 9.17) is 16.7 Å². The van der Waals surface area contributed by atoms with Gasteiger partial charge in [-0.05, 0) is 12.1 Å². The van der Waals surface area contributed by atoms with Crippen molar-refractivity contribution in [3.63, 3.8) is 0 Å². The van der Waals surface area contributed by atoms with Gasteiger partial charge in [0, 0.05) is 12.6 Å². The number of aromatic carboxylic acids is 1. The van der Waals surface area contributed by atoms with E-state index in [2.05, 4.69) is 4.98 Å². The topological polar surface area (TPSA) is 54.6 Å². The minimum absolute atomic E-state index is 0.215. The Morgan fingerprint density at radius 1 is 1.67 bits per heavy atom. The maximum atomic E-state index is 10.8. The summed E-state index contributed by atoms with van der Waals surface area (Å²) in [4.78, 5) is 14.9. The highest BCUT2D eigenvalue weighted by atomic mass is 35.5. The average molecular weight is 225 g/mol. The molecule has 2 heterocycles. The first kappa shape index (κ1) is 9.98. The summed E-state index contributed by atoms with van der Waals surface area (Å²) in [6, 6.07) is 3.06. The Bertz CT molecular complexity index is 533. The predicted molar refractivity (Wildman–Crippen MR) is 56.5 cm³/mol. The van der Waals surface area contributed by atoms with Crippen LogP contribution in [-0.4, -0.2) is 20.5 Å². The molecule has 0 spiro atoms. The summed E-state index contributed by atoms with van der Waals surface area (Å²) < 4.78 is 1.80. The van der Waals surface area contributed by atoms with E-state index in [0.29, 0.717) is 10.7 Å². The molecule has 0 atom stereocenters. The highest BCUT2D eigenvalue weighted by molar-refractivity contribution is 6.32. The first-order valence-electron chi connectivity index (χ1n) is 4.53. The average Bonchev–Trinajstić information content (AvgIpc) is 2.55. The number of hydrogen-bond donors (Lipinski definition) is 1. The van der Waals surface area contributed by atoms with Crippen LogP contribution >= 0.6 is 11.6 Å². The summed E-state index contributed by atoms with van der Waals surface area (Å²) >= 11 is 5.91. The molecule has 0 fully saturated rings. The van der Waals surface area contributed by atoms with Crippen molar-refractivity contribution in [2.45, 2.75) is 13.3 Å². The minimum Gasteiger partial charge on any atom is -0.478 e. The number of aryl methyl sites for hydroxylation is 1. The maximum absolute atomic E-state index is 10.8. The predicted octanol–water partition coefficient (Wildman–Crippen LogP) is 2.25. The number of imidazole rings is 1. The summed E-state index contributed by atoms with van der Waals surface area (Å²) in [6.45, 7) is 1.97. The molecule has 0 aromatic carbocycles. The standard InChI is InChI=1S/C10H9ClN2O2/c1-2-8-12-9(11)7-5-6(10(14)15)3-4-13(7)8/h3-5H,2H2,1H3,(H,14,15). The highest BCUT2D eigenvalue weighted by Crippen LogP contribution is 2.19. The summed E-state index contributed by atoms with van der Waals surface area (Å²) in [5, 5.41) is 9.17. The van der Waals surface area contributed by atoms with E-state index in [0.717, 1.165) is 12.2 Å². The Kier molecular flexibility index (Phi) is 2.36. The number of nitrogens with zero attached hydrogens (tertiary/aromatic N) is 2. The van der Waals surface area contributed by atoms with Gasteiger partial charge >= 0.3 is 5.97 Å². The van der Waals surface area contributed by atoms with Crippen molar-refractivity contribution in [1.29, 1.82) is 0 Å². The number of carboxylic acid groups (broad SMARTS) is 1. The van der Waals surface area contributed by atoms with Crippen molar-refractivity contribution in [3.8, 4) is 0 Å². The van der Waals surface area contributed by atoms with Crippen LogP contribution in [0.15, 0.2) is 18.3 Å². The van der Waals surface area contributed by atoms with Crippen LogP contribution in [0, 0.1) is 0 Å². The van der Waals surface area contributed by atoms with E-state index in [1.165, 1.54) is 12.1 Å². The van der Waals surface area contributed by atoms with Crippen LogP contribution in [0.4, 0.5) is 0 Å². The quantitative estimate of drug-likeness (QED) is 0.851. The van der Waals surface area contributed by atoms with Gasteiger partial charge in [-0.15, -0.1) is 0 Å². The van der Waals surface area contributed by atoms with Crippen LogP contribution in [0.1, 0.15) is 23.1 Å². The van der Waals surface area contributed by atoms with Crippen molar-refractivity contribution in [2.24, 2.45) is 0 Å². The Labute approximate surface area is 91.1 Å². The third-order valence-electron chi connectivity index (χ3n) is 2.23. The van der Waals surface area contributed by atoms with Crippen molar-refractivity contribution in [2.75, 3.05) is 0 Å². The molecular weight excluding hydrogens is 216 g/mol. The minimum atomic E-state index is -0.965. The third-order valence-corrected chi connectivity index (χ3v) is 2.51. The molecule has 2 aromatic rings. The molecule has 0 bridgehead atoms. The molecule has 15 heavy (non-hydrogen) atoms. The molecule has 0 unspecified atom stereocenters. The van der Waals surface area contributed by atoms with Gasteiger partial charge in [0.2, 0.25) is 0 Å². The summed E-state index contributed by atoms with van der Waals surface area (Å²) in [6.07, 6.45) is 2.43.